The van der Waals surface area contributed by atoms with Gasteiger partial charge in [-0.1, -0.05) is 133 Å². The molecule has 0 aliphatic heterocycles. The lowest BCUT2D eigenvalue weighted by atomic mass is 9.84. The summed E-state index contributed by atoms with van der Waals surface area (Å²) in [5.41, 5.74) is 4.77. The minimum absolute atomic E-state index is 0.164. The van der Waals surface area contributed by atoms with Gasteiger partial charge in [0.25, 0.3) is 0 Å². The molecule has 0 amide bonds. The molecule has 2 heteroatoms. The van der Waals surface area contributed by atoms with E-state index >= 15 is 0 Å². The number of hydrogen-bond acceptors (Lipinski definition) is 1. The van der Waals surface area contributed by atoms with Crippen LogP contribution in [0.1, 0.15) is 11.0 Å². The third-order valence-electron chi connectivity index (χ3n) is 7.45. The van der Waals surface area contributed by atoms with Crippen LogP contribution in [0.5, 0.6) is 0 Å². The molecular formula is C39H26N2. The maximum absolute atomic E-state index is 9.31. The molecule has 0 bridgehead atoms. The van der Waals surface area contributed by atoms with E-state index in [1.54, 1.807) is 24.3 Å². The second-order valence-electron chi connectivity index (χ2n) is 9.76. The van der Waals surface area contributed by atoms with Gasteiger partial charge in [0.05, 0.1) is 22.0 Å². The average Bonchev–Trinajstić information content (AvgIpc) is 3.53. The second kappa shape index (κ2) is 9.62. The van der Waals surface area contributed by atoms with E-state index in [1.165, 1.54) is 0 Å². The van der Waals surface area contributed by atoms with Crippen LogP contribution in [-0.4, -0.2) is 9.55 Å². The highest BCUT2D eigenvalue weighted by Gasteiger charge is 2.21. The van der Waals surface area contributed by atoms with E-state index in [0.717, 1.165) is 16.7 Å². The van der Waals surface area contributed by atoms with Crippen molar-refractivity contribution in [1.29, 1.82) is 0 Å². The minimum atomic E-state index is -0.438. The van der Waals surface area contributed by atoms with Gasteiger partial charge in [-0.15, -0.1) is 0 Å². The lowest BCUT2D eigenvalue weighted by molar-refractivity contribution is 1.10. The van der Waals surface area contributed by atoms with Crippen LogP contribution in [0.4, 0.5) is 0 Å². The Balaban J connectivity index is 1.64. The van der Waals surface area contributed by atoms with Gasteiger partial charge in [0, 0.05) is 11.3 Å². The summed E-state index contributed by atoms with van der Waals surface area (Å²) in [5.74, 6) is 0.568. The molecule has 192 valence electrons. The van der Waals surface area contributed by atoms with Crippen molar-refractivity contribution in [1.82, 2.24) is 9.55 Å². The van der Waals surface area contributed by atoms with Gasteiger partial charge in [-0.3, -0.25) is 4.57 Å². The summed E-state index contributed by atoms with van der Waals surface area (Å²) >= 11 is 0. The van der Waals surface area contributed by atoms with Gasteiger partial charge >= 0.3 is 0 Å². The van der Waals surface area contributed by atoms with Crippen molar-refractivity contribution in [3.05, 3.63) is 158 Å². The van der Waals surface area contributed by atoms with Crippen LogP contribution in [0.25, 0.3) is 71.9 Å². The first-order chi connectivity index (χ1) is 23.7. The van der Waals surface area contributed by atoms with Crippen molar-refractivity contribution in [2.45, 2.75) is 0 Å². The van der Waals surface area contributed by atoms with E-state index in [2.05, 4.69) is 0 Å². The van der Waals surface area contributed by atoms with Gasteiger partial charge in [-0.2, -0.15) is 0 Å². The fourth-order valence-electron chi connectivity index (χ4n) is 5.73. The van der Waals surface area contributed by atoms with Crippen molar-refractivity contribution in [2.24, 2.45) is 0 Å². The summed E-state index contributed by atoms with van der Waals surface area (Å²) in [4.78, 5) is 5.08. The predicted molar refractivity (Wildman–Crippen MR) is 172 cm³/mol. The number of hydrogen-bond donors (Lipinski definition) is 0. The molecule has 0 aliphatic rings. The first-order valence-electron chi connectivity index (χ1n) is 17.3. The number of nitrogens with zero attached hydrogens (tertiary/aromatic N) is 2. The van der Waals surface area contributed by atoms with Crippen LogP contribution in [0.2, 0.25) is 0 Å². The molecule has 2 nitrogen and oxygen atoms in total. The van der Waals surface area contributed by atoms with Crippen molar-refractivity contribution < 1.29 is 11.0 Å². The van der Waals surface area contributed by atoms with Crippen molar-refractivity contribution in [2.75, 3.05) is 0 Å². The molecule has 0 spiro atoms. The molecule has 1 aromatic heterocycles. The fourth-order valence-corrected chi connectivity index (χ4v) is 5.73. The molecular weight excluding hydrogens is 496 g/mol. The summed E-state index contributed by atoms with van der Waals surface area (Å²) < 4.78 is 73.9. The number of para-hydroxylation sites is 3. The summed E-state index contributed by atoms with van der Waals surface area (Å²) in [6, 6.07) is 31.0. The van der Waals surface area contributed by atoms with E-state index in [0.29, 0.717) is 28.1 Å². The van der Waals surface area contributed by atoms with Crippen LogP contribution < -0.4 is 0 Å². The van der Waals surface area contributed by atoms with Crippen molar-refractivity contribution in [3.8, 4) is 39.3 Å². The summed E-state index contributed by atoms with van der Waals surface area (Å²) in [5, 5.41) is 0.682. The van der Waals surface area contributed by atoms with Gasteiger partial charge < -0.3 is 0 Å². The van der Waals surface area contributed by atoms with Crippen molar-refractivity contribution in [3.63, 3.8) is 0 Å². The normalized spacial score (nSPS) is 14.1. The molecule has 8 aromatic rings. The first-order valence-corrected chi connectivity index (χ1v) is 13.3. The predicted octanol–water partition coefficient (Wildman–Crippen LogP) is 10.3. The van der Waals surface area contributed by atoms with E-state index < -0.39 is 24.2 Å². The van der Waals surface area contributed by atoms with E-state index in [9.17, 15) is 5.48 Å². The van der Waals surface area contributed by atoms with Crippen LogP contribution in [0.15, 0.2) is 158 Å². The van der Waals surface area contributed by atoms with Gasteiger partial charge in [0.2, 0.25) is 0 Å². The fraction of sp³-hybridized carbons (Fsp3) is 0. The Labute approximate surface area is 250 Å². The van der Waals surface area contributed by atoms with Gasteiger partial charge in [-0.05, 0) is 68.1 Å². The highest BCUT2D eigenvalue weighted by atomic mass is 15.1. The molecule has 0 atom stereocenters. The van der Waals surface area contributed by atoms with E-state index in [4.69, 9.17) is 10.5 Å². The topological polar surface area (TPSA) is 17.8 Å². The summed E-state index contributed by atoms with van der Waals surface area (Å²) in [6.45, 7) is 0. The van der Waals surface area contributed by atoms with Crippen LogP contribution in [-0.2, 0) is 0 Å². The number of imidazole rings is 1. The standard InChI is InChI=1S/C39H26N2/c1-3-15-27(16-4-1)37-29-19-7-9-21-31(29)38(32-22-10-8-20-30(32)37)33-23-11-12-24-34(33)39-40-35-25-13-14-26-36(35)41(39)28-17-5-2-6-18-28/h1-26H/i7D,8D,9D,10D,19D,20D,21D,22D. The smallest absolute Gasteiger partial charge is 0.146 e. The molecule has 0 aliphatic carbocycles. The Morgan fingerprint density at radius 1 is 0.488 bits per heavy atom. The third-order valence-corrected chi connectivity index (χ3v) is 7.45. The van der Waals surface area contributed by atoms with Gasteiger partial charge in [0.1, 0.15) is 5.82 Å². The molecule has 0 saturated heterocycles. The van der Waals surface area contributed by atoms with Gasteiger partial charge in [-0.25, -0.2) is 4.98 Å². The molecule has 0 N–H and O–H groups in total. The zero-order chi connectivity index (χ0) is 34.1. The monoisotopic (exact) mass is 530 g/mol. The SMILES string of the molecule is [2H]c1c([2H])c([2H])c2c(-c3ccccc3-c3nc4ccccc4n3-c3ccccc3)c3c([2H])c([2H])c([2H])c([2H])c3c(-c3ccccc3)c2c1[2H]. The Morgan fingerprint density at radius 3 is 1.66 bits per heavy atom. The second-order valence-corrected chi connectivity index (χ2v) is 9.76. The molecule has 0 saturated carbocycles. The Morgan fingerprint density at radius 2 is 1.00 bits per heavy atom. The first kappa shape index (κ1) is 16.6. The van der Waals surface area contributed by atoms with E-state index in [1.807, 2.05) is 89.5 Å². The Kier molecular flexibility index (Phi) is 3.89. The number of aromatic nitrogens is 2. The minimum Gasteiger partial charge on any atom is -0.292 e. The zero-order valence-corrected chi connectivity index (χ0v) is 21.8. The molecule has 1 heterocycles. The largest absolute Gasteiger partial charge is 0.292 e. The lowest BCUT2D eigenvalue weighted by Gasteiger charge is -2.20. The zero-order valence-electron chi connectivity index (χ0n) is 29.8. The molecule has 7 aromatic carbocycles. The molecule has 8 rings (SSSR count). The Bertz CT molecular complexity index is 2550. The highest BCUT2D eigenvalue weighted by Crippen LogP contribution is 2.46. The molecule has 0 unspecified atom stereocenters. The number of fused-ring (bicyclic) bond motifs is 3. The summed E-state index contributed by atoms with van der Waals surface area (Å²) in [7, 11) is 0. The molecule has 0 radical (unpaired) electrons. The Hall–Kier alpha value is -5.47. The number of rotatable bonds is 4. The number of benzene rings is 7. The van der Waals surface area contributed by atoms with E-state index in [-0.39, 0.29) is 51.3 Å². The lowest BCUT2D eigenvalue weighted by Crippen LogP contribution is -1.99. The van der Waals surface area contributed by atoms with Crippen LogP contribution in [0, 0.1) is 0 Å². The third kappa shape index (κ3) is 3.76. The quantitative estimate of drug-likeness (QED) is 0.207. The average molecular weight is 531 g/mol. The highest BCUT2D eigenvalue weighted by molar-refractivity contribution is 6.22. The maximum Gasteiger partial charge on any atom is 0.146 e. The summed E-state index contributed by atoms with van der Waals surface area (Å²) in [6.07, 6.45) is 0. The maximum atomic E-state index is 9.31. The van der Waals surface area contributed by atoms with Crippen LogP contribution in [0.3, 0.4) is 0 Å². The van der Waals surface area contributed by atoms with Crippen molar-refractivity contribution >= 4 is 32.6 Å². The molecule has 41 heavy (non-hydrogen) atoms. The van der Waals surface area contributed by atoms with Gasteiger partial charge in [0.15, 0.2) is 0 Å². The van der Waals surface area contributed by atoms with Crippen LogP contribution >= 0.6 is 0 Å². The molecule has 0 fully saturated rings.